The molecule has 0 aromatic heterocycles. The number of rotatable bonds is 7. The first-order valence-electron chi connectivity index (χ1n) is 6.35. The Balaban J connectivity index is 2.27. The van der Waals surface area contributed by atoms with Crippen LogP contribution >= 0.6 is 0 Å². The monoisotopic (exact) mass is 197 g/mol. The van der Waals surface area contributed by atoms with Crippen molar-refractivity contribution in [2.24, 2.45) is 17.3 Å². The summed E-state index contributed by atoms with van der Waals surface area (Å²) in [5.74, 6) is 1.75. The zero-order valence-corrected chi connectivity index (χ0v) is 10.4. The third kappa shape index (κ3) is 2.98. The molecule has 84 valence electrons. The molecular weight excluding hydrogens is 170 g/mol. The molecule has 1 rings (SSSR count). The van der Waals surface area contributed by atoms with Crippen molar-refractivity contribution in [1.82, 2.24) is 5.32 Å². The quantitative estimate of drug-likeness (QED) is 0.659. The van der Waals surface area contributed by atoms with Crippen LogP contribution in [-0.2, 0) is 0 Å². The van der Waals surface area contributed by atoms with E-state index in [1.54, 1.807) is 0 Å². The van der Waals surface area contributed by atoms with Crippen molar-refractivity contribution < 1.29 is 0 Å². The maximum absolute atomic E-state index is 3.64. The summed E-state index contributed by atoms with van der Waals surface area (Å²) >= 11 is 0. The lowest BCUT2D eigenvalue weighted by molar-refractivity contribution is 0.272. The molecule has 0 saturated heterocycles. The summed E-state index contributed by atoms with van der Waals surface area (Å²) in [7, 11) is 0. The summed E-state index contributed by atoms with van der Waals surface area (Å²) < 4.78 is 0. The van der Waals surface area contributed by atoms with Crippen LogP contribution < -0.4 is 5.32 Å². The molecule has 1 fully saturated rings. The highest BCUT2D eigenvalue weighted by atomic mass is 14.9. The first-order chi connectivity index (χ1) is 6.64. The lowest BCUT2D eigenvalue weighted by Crippen LogP contribution is -2.31. The number of nitrogens with one attached hydrogen (secondary N) is 1. The highest BCUT2D eigenvalue weighted by molar-refractivity contribution is 4.99. The van der Waals surface area contributed by atoms with E-state index in [1.165, 1.54) is 38.8 Å². The Morgan fingerprint density at radius 3 is 2.07 bits per heavy atom. The van der Waals surface area contributed by atoms with Crippen molar-refractivity contribution in [1.29, 1.82) is 0 Å². The van der Waals surface area contributed by atoms with E-state index < -0.39 is 0 Å². The van der Waals surface area contributed by atoms with E-state index in [0.29, 0.717) is 5.41 Å². The Hall–Kier alpha value is -0.0400. The van der Waals surface area contributed by atoms with Gasteiger partial charge in [-0.3, -0.25) is 0 Å². The maximum atomic E-state index is 3.64. The number of hydrogen-bond donors (Lipinski definition) is 1. The molecule has 0 amide bonds. The lowest BCUT2D eigenvalue weighted by Gasteiger charge is -2.25. The molecule has 0 unspecified atom stereocenters. The second-order valence-corrected chi connectivity index (χ2v) is 5.40. The minimum absolute atomic E-state index is 0.693. The normalized spacial score (nSPS) is 19.3. The molecule has 1 N–H and O–H groups in total. The zero-order valence-electron chi connectivity index (χ0n) is 10.4. The topological polar surface area (TPSA) is 12.0 Å². The summed E-state index contributed by atoms with van der Waals surface area (Å²) in [6.45, 7) is 11.7. The van der Waals surface area contributed by atoms with Crippen molar-refractivity contribution >= 4 is 0 Å². The lowest BCUT2D eigenvalue weighted by atomic mass is 9.84. The molecule has 0 atom stereocenters. The van der Waals surface area contributed by atoms with Gasteiger partial charge < -0.3 is 5.32 Å². The summed E-state index contributed by atoms with van der Waals surface area (Å²) in [4.78, 5) is 0. The molecule has 1 nitrogen and oxygen atoms in total. The number of hydrogen-bond acceptors (Lipinski definition) is 1. The average Bonchev–Trinajstić information content (AvgIpc) is 2.87. The molecule has 0 spiro atoms. The van der Waals surface area contributed by atoms with Gasteiger partial charge in [-0.15, -0.1) is 0 Å². The third-order valence-corrected chi connectivity index (χ3v) is 3.77. The summed E-state index contributed by atoms with van der Waals surface area (Å²) in [6.07, 6.45) is 5.65. The Labute approximate surface area is 89.7 Å². The minimum Gasteiger partial charge on any atom is -0.316 e. The van der Waals surface area contributed by atoms with Crippen LogP contribution in [0.4, 0.5) is 0 Å². The Kier molecular flexibility index (Phi) is 4.43. The van der Waals surface area contributed by atoms with Gasteiger partial charge in [-0.2, -0.15) is 0 Å². The van der Waals surface area contributed by atoms with E-state index in [9.17, 15) is 0 Å². The largest absolute Gasteiger partial charge is 0.316 e. The standard InChI is InChI=1S/C13H27N/c1-5-12(6-2)13(7-8-13)10-14-9-11(3)4/h11-12,14H,5-10H2,1-4H3. The van der Waals surface area contributed by atoms with Gasteiger partial charge in [0.25, 0.3) is 0 Å². The summed E-state index contributed by atoms with van der Waals surface area (Å²) in [5.41, 5.74) is 0.693. The van der Waals surface area contributed by atoms with Gasteiger partial charge in [0.2, 0.25) is 0 Å². The second kappa shape index (κ2) is 5.16. The molecule has 14 heavy (non-hydrogen) atoms. The van der Waals surface area contributed by atoms with E-state index in [-0.39, 0.29) is 0 Å². The Bertz CT molecular complexity index is 155. The first-order valence-corrected chi connectivity index (χ1v) is 6.35. The minimum atomic E-state index is 0.693. The summed E-state index contributed by atoms with van der Waals surface area (Å²) in [6, 6.07) is 0. The van der Waals surface area contributed by atoms with Gasteiger partial charge in [-0.05, 0) is 36.6 Å². The molecule has 0 aromatic rings. The maximum Gasteiger partial charge on any atom is 0.00106 e. The highest BCUT2D eigenvalue weighted by Crippen LogP contribution is 2.53. The van der Waals surface area contributed by atoms with Crippen molar-refractivity contribution in [3.8, 4) is 0 Å². The van der Waals surface area contributed by atoms with Gasteiger partial charge in [0, 0.05) is 6.54 Å². The SMILES string of the molecule is CCC(CC)C1(CNCC(C)C)CC1. The van der Waals surface area contributed by atoms with Gasteiger partial charge in [0.1, 0.15) is 0 Å². The zero-order chi connectivity index (χ0) is 10.6. The van der Waals surface area contributed by atoms with Gasteiger partial charge >= 0.3 is 0 Å². The van der Waals surface area contributed by atoms with Gasteiger partial charge in [0.15, 0.2) is 0 Å². The van der Waals surface area contributed by atoms with Crippen molar-refractivity contribution in [2.75, 3.05) is 13.1 Å². The third-order valence-electron chi connectivity index (χ3n) is 3.77. The van der Waals surface area contributed by atoms with Crippen molar-refractivity contribution in [3.63, 3.8) is 0 Å². The van der Waals surface area contributed by atoms with Crippen LogP contribution in [0.1, 0.15) is 53.4 Å². The van der Waals surface area contributed by atoms with Gasteiger partial charge in [0.05, 0.1) is 0 Å². The fraction of sp³-hybridized carbons (Fsp3) is 1.00. The molecule has 0 aliphatic heterocycles. The molecular formula is C13H27N. The molecule has 1 heteroatoms. The van der Waals surface area contributed by atoms with Crippen LogP contribution in [0, 0.1) is 17.3 Å². The van der Waals surface area contributed by atoms with Crippen molar-refractivity contribution in [2.45, 2.75) is 53.4 Å². The second-order valence-electron chi connectivity index (χ2n) is 5.40. The fourth-order valence-corrected chi connectivity index (χ4v) is 2.65. The fourth-order valence-electron chi connectivity index (χ4n) is 2.65. The molecule has 1 aliphatic carbocycles. The molecule has 1 aliphatic rings. The Morgan fingerprint density at radius 1 is 1.14 bits per heavy atom. The molecule has 0 aromatic carbocycles. The van der Waals surface area contributed by atoms with E-state index in [4.69, 9.17) is 0 Å². The van der Waals surface area contributed by atoms with Gasteiger partial charge in [-0.25, -0.2) is 0 Å². The molecule has 0 heterocycles. The summed E-state index contributed by atoms with van der Waals surface area (Å²) in [5, 5.41) is 3.64. The molecule has 1 saturated carbocycles. The van der Waals surface area contributed by atoms with Crippen LogP contribution in [0.5, 0.6) is 0 Å². The highest BCUT2D eigenvalue weighted by Gasteiger charge is 2.46. The van der Waals surface area contributed by atoms with E-state index in [1.807, 2.05) is 0 Å². The van der Waals surface area contributed by atoms with E-state index >= 15 is 0 Å². The first kappa shape index (κ1) is 12.0. The van der Waals surface area contributed by atoms with Crippen LogP contribution in [-0.4, -0.2) is 13.1 Å². The van der Waals surface area contributed by atoms with Gasteiger partial charge in [-0.1, -0.05) is 40.5 Å². The van der Waals surface area contributed by atoms with Crippen LogP contribution in [0.2, 0.25) is 0 Å². The average molecular weight is 197 g/mol. The van der Waals surface area contributed by atoms with E-state index in [0.717, 1.165) is 11.8 Å². The van der Waals surface area contributed by atoms with E-state index in [2.05, 4.69) is 33.0 Å². The predicted octanol–water partition coefficient (Wildman–Crippen LogP) is 3.45. The van der Waals surface area contributed by atoms with Crippen LogP contribution in [0.3, 0.4) is 0 Å². The molecule has 0 radical (unpaired) electrons. The smallest absolute Gasteiger partial charge is 0.00106 e. The molecule has 0 bridgehead atoms. The van der Waals surface area contributed by atoms with Crippen LogP contribution in [0.15, 0.2) is 0 Å². The predicted molar refractivity (Wildman–Crippen MR) is 63.4 cm³/mol. The van der Waals surface area contributed by atoms with Crippen LogP contribution in [0.25, 0.3) is 0 Å². The Morgan fingerprint density at radius 2 is 1.71 bits per heavy atom. The van der Waals surface area contributed by atoms with Crippen molar-refractivity contribution in [3.05, 3.63) is 0 Å².